The van der Waals surface area contributed by atoms with E-state index in [2.05, 4.69) is 20.6 Å². The number of rotatable bonds is 7. The highest BCUT2D eigenvalue weighted by Crippen LogP contribution is 2.18. The van der Waals surface area contributed by atoms with Crippen LogP contribution in [0, 0.1) is 6.92 Å². The number of methoxy groups -OCH3 is 1. The van der Waals surface area contributed by atoms with E-state index in [-0.39, 0.29) is 18.7 Å². The molecule has 9 heteroatoms. The van der Waals surface area contributed by atoms with Crippen molar-refractivity contribution in [3.8, 4) is 5.69 Å². The summed E-state index contributed by atoms with van der Waals surface area (Å²) in [6.07, 6.45) is 1.87. The fourth-order valence-electron chi connectivity index (χ4n) is 2.70. The van der Waals surface area contributed by atoms with Crippen molar-refractivity contribution >= 4 is 22.8 Å². The van der Waals surface area contributed by atoms with Gasteiger partial charge in [0.05, 0.1) is 16.9 Å². The molecule has 1 amide bonds. The quantitative estimate of drug-likeness (QED) is 0.645. The van der Waals surface area contributed by atoms with Crippen LogP contribution in [0.15, 0.2) is 36.5 Å². The first-order valence-corrected chi connectivity index (χ1v) is 8.31. The molecule has 0 aliphatic heterocycles. The molecule has 0 aliphatic carbocycles. The fraction of sp³-hybridized carbons (Fsp3) is 0.278. The van der Waals surface area contributed by atoms with Crippen LogP contribution in [0.2, 0.25) is 0 Å². The number of hydrogen-bond donors (Lipinski definition) is 2. The Hall–Kier alpha value is -3.33. The smallest absolute Gasteiger partial charge is 0.326 e. The highest BCUT2D eigenvalue weighted by Gasteiger charge is 2.24. The lowest BCUT2D eigenvalue weighted by Gasteiger charge is -2.13. The van der Waals surface area contributed by atoms with Crippen LogP contribution in [0.1, 0.15) is 22.6 Å². The lowest BCUT2D eigenvalue weighted by Crippen LogP contribution is -2.41. The van der Waals surface area contributed by atoms with E-state index in [1.54, 1.807) is 13.1 Å². The summed E-state index contributed by atoms with van der Waals surface area (Å²) in [5, 5.41) is 20.6. The van der Waals surface area contributed by atoms with E-state index in [1.807, 2.05) is 30.3 Å². The van der Waals surface area contributed by atoms with Gasteiger partial charge in [-0.25, -0.2) is 9.48 Å². The lowest BCUT2D eigenvalue weighted by molar-refractivity contribution is -0.139. The average molecular weight is 369 g/mol. The molecule has 0 saturated heterocycles. The van der Waals surface area contributed by atoms with Gasteiger partial charge in [-0.1, -0.05) is 11.3 Å². The van der Waals surface area contributed by atoms with Crippen LogP contribution in [0.25, 0.3) is 16.6 Å². The number of carboxylic acid groups (broad SMARTS) is 1. The maximum absolute atomic E-state index is 12.5. The maximum Gasteiger partial charge on any atom is 0.326 e. The van der Waals surface area contributed by atoms with Gasteiger partial charge in [-0.2, -0.15) is 0 Å². The number of hydrogen-bond acceptors (Lipinski definition) is 6. The predicted molar refractivity (Wildman–Crippen MR) is 96.8 cm³/mol. The third-order valence-corrected chi connectivity index (χ3v) is 4.15. The van der Waals surface area contributed by atoms with Crippen LogP contribution in [-0.2, 0) is 9.53 Å². The fourth-order valence-corrected chi connectivity index (χ4v) is 2.70. The molecule has 1 atom stereocenters. The molecule has 2 aromatic heterocycles. The average Bonchev–Trinajstić information content (AvgIpc) is 3.05. The molecular formula is C18H19N5O4. The number of carbonyl (C=O) groups excluding carboxylic acids is 1. The number of carbonyl (C=O) groups is 2. The minimum absolute atomic E-state index is 0.0740. The van der Waals surface area contributed by atoms with Crippen molar-refractivity contribution < 1.29 is 19.4 Å². The second kappa shape index (κ2) is 7.92. The van der Waals surface area contributed by atoms with Crippen molar-refractivity contribution in [1.82, 2.24) is 25.3 Å². The van der Waals surface area contributed by atoms with E-state index < -0.39 is 17.9 Å². The molecule has 27 heavy (non-hydrogen) atoms. The molecule has 0 fully saturated rings. The molecule has 3 rings (SSSR count). The second-order valence-corrected chi connectivity index (χ2v) is 5.96. The molecule has 140 valence electrons. The maximum atomic E-state index is 12.5. The Morgan fingerprint density at radius 1 is 1.33 bits per heavy atom. The Kier molecular flexibility index (Phi) is 5.41. The van der Waals surface area contributed by atoms with Gasteiger partial charge in [0.25, 0.3) is 5.91 Å². The first-order valence-electron chi connectivity index (χ1n) is 8.31. The van der Waals surface area contributed by atoms with Gasteiger partial charge < -0.3 is 15.2 Å². The van der Waals surface area contributed by atoms with Gasteiger partial charge in [0, 0.05) is 31.7 Å². The molecule has 9 nitrogen and oxygen atoms in total. The molecule has 0 radical (unpaired) electrons. The van der Waals surface area contributed by atoms with Crippen LogP contribution in [0.4, 0.5) is 0 Å². The molecule has 0 spiro atoms. The Balaban J connectivity index is 1.85. The summed E-state index contributed by atoms with van der Waals surface area (Å²) in [7, 11) is 1.47. The summed E-state index contributed by atoms with van der Waals surface area (Å²) >= 11 is 0. The molecule has 1 aromatic carbocycles. The normalized spacial score (nSPS) is 12.1. The summed E-state index contributed by atoms with van der Waals surface area (Å²) in [5.74, 6) is -1.72. The van der Waals surface area contributed by atoms with Crippen molar-refractivity contribution in [2.24, 2.45) is 0 Å². The number of fused-ring (bicyclic) bond motifs is 1. The van der Waals surface area contributed by atoms with E-state index in [0.29, 0.717) is 5.69 Å². The summed E-state index contributed by atoms with van der Waals surface area (Å²) in [6, 6.07) is 8.29. The first kappa shape index (κ1) is 18.5. The van der Waals surface area contributed by atoms with Gasteiger partial charge in [0.2, 0.25) is 0 Å². The summed E-state index contributed by atoms with van der Waals surface area (Å²) < 4.78 is 6.41. The highest BCUT2D eigenvalue weighted by molar-refractivity contribution is 5.95. The standard InChI is InChI=1S/C18H19N5O4/c1-11-16(17(24)20-15(18(25)26)7-9-27-2)21-22-23(11)13-5-6-14-12(10-13)4-3-8-19-14/h3-6,8,10,15H,7,9H2,1-2H3,(H,20,24)(H,25,26). The first-order chi connectivity index (χ1) is 13.0. The van der Waals surface area contributed by atoms with Crippen LogP contribution in [0.5, 0.6) is 0 Å². The predicted octanol–water partition coefficient (Wildman–Crippen LogP) is 1.34. The largest absolute Gasteiger partial charge is 0.480 e. The Morgan fingerprint density at radius 3 is 2.89 bits per heavy atom. The number of nitrogens with one attached hydrogen (secondary N) is 1. The van der Waals surface area contributed by atoms with Crippen LogP contribution in [0.3, 0.4) is 0 Å². The number of benzene rings is 1. The number of pyridine rings is 1. The molecule has 2 heterocycles. The van der Waals surface area contributed by atoms with E-state index in [4.69, 9.17) is 4.74 Å². The number of ether oxygens (including phenoxy) is 1. The second-order valence-electron chi connectivity index (χ2n) is 5.96. The van der Waals surface area contributed by atoms with Gasteiger partial charge in [-0.15, -0.1) is 5.10 Å². The molecular weight excluding hydrogens is 350 g/mol. The Labute approximate surface area is 155 Å². The zero-order valence-corrected chi connectivity index (χ0v) is 14.9. The molecule has 3 aromatic rings. The molecule has 1 unspecified atom stereocenters. The lowest BCUT2D eigenvalue weighted by atomic mass is 10.2. The number of aromatic nitrogens is 4. The number of nitrogens with zero attached hydrogens (tertiary/aromatic N) is 4. The van der Waals surface area contributed by atoms with E-state index in [0.717, 1.165) is 16.6 Å². The SMILES string of the molecule is COCCC(NC(=O)c1nnn(-c2ccc3ncccc3c2)c1C)C(=O)O. The monoisotopic (exact) mass is 369 g/mol. The minimum atomic E-state index is -1.13. The van der Waals surface area contributed by atoms with Crippen LogP contribution >= 0.6 is 0 Å². The van der Waals surface area contributed by atoms with E-state index >= 15 is 0 Å². The topological polar surface area (TPSA) is 119 Å². The number of amides is 1. The summed E-state index contributed by atoms with van der Waals surface area (Å²) in [6.45, 7) is 1.92. The molecule has 0 bridgehead atoms. The Morgan fingerprint density at radius 2 is 2.15 bits per heavy atom. The van der Waals surface area contributed by atoms with Crippen LogP contribution in [-0.4, -0.2) is 56.7 Å². The zero-order chi connectivity index (χ0) is 19.4. The van der Waals surface area contributed by atoms with Crippen molar-refractivity contribution in [3.63, 3.8) is 0 Å². The van der Waals surface area contributed by atoms with Gasteiger partial charge in [0.1, 0.15) is 6.04 Å². The van der Waals surface area contributed by atoms with Gasteiger partial charge >= 0.3 is 5.97 Å². The van der Waals surface area contributed by atoms with Crippen LogP contribution < -0.4 is 5.32 Å². The van der Waals surface area contributed by atoms with Gasteiger partial charge in [-0.05, 0) is 31.2 Å². The van der Waals surface area contributed by atoms with E-state index in [9.17, 15) is 14.7 Å². The van der Waals surface area contributed by atoms with Gasteiger partial charge in [-0.3, -0.25) is 9.78 Å². The number of aliphatic carboxylic acids is 1. The molecule has 2 N–H and O–H groups in total. The van der Waals surface area contributed by atoms with E-state index in [1.165, 1.54) is 11.8 Å². The third-order valence-electron chi connectivity index (χ3n) is 4.15. The third kappa shape index (κ3) is 3.93. The summed E-state index contributed by atoms with van der Waals surface area (Å²) in [4.78, 5) is 28.0. The molecule has 0 aliphatic rings. The zero-order valence-electron chi connectivity index (χ0n) is 14.9. The minimum Gasteiger partial charge on any atom is -0.480 e. The molecule has 0 saturated carbocycles. The van der Waals surface area contributed by atoms with Gasteiger partial charge in [0.15, 0.2) is 5.69 Å². The number of carboxylic acids is 1. The Bertz CT molecular complexity index is 985. The van der Waals surface area contributed by atoms with Crippen molar-refractivity contribution in [1.29, 1.82) is 0 Å². The highest BCUT2D eigenvalue weighted by atomic mass is 16.5. The summed E-state index contributed by atoms with van der Waals surface area (Å²) in [5.41, 5.74) is 2.16. The van der Waals surface area contributed by atoms with Crippen molar-refractivity contribution in [2.45, 2.75) is 19.4 Å². The van der Waals surface area contributed by atoms with Crippen molar-refractivity contribution in [2.75, 3.05) is 13.7 Å². The van der Waals surface area contributed by atoms with Crippen molar-refractivity contribution in [3.05, 3.63) is 47.9 Å².